The third kappa shape index (κ3) is 3.11. The lowest BCUT2D eigenvalue weighted by atomic mass is 9.75. The van der Waals surface area contributed by atoms with Gasteiger partial charge >= 0.3 is 5.97 Å². The third-order valence-corrected chi connectivity index (χ3v) is 6.12. The summed E-state index contributed by atoms with van der Waals surface area (Å²) in [4.78, 5) is 27.4. The molecule has 1 N–H and O–H groups in total. The van der Waals surface area contributed by atoms with Crippen LogP contribution in [0.25, 0.3) is 0 Å². The van der Waals surface area contributed by atoms with E-state index in [0.29, 0.717) is 44.8 Å². The summed E-state index contributed by atoms with van der Waals surface area (Å²) in [6, 6.07) is 6.58. The Morgan fingerprint density at radius 3 is 2.74 bits per heavy atom. The summed E-state index contributed by atoms with van der Waals surface area (Å²) in [7, 11) is 1.37. The van der Waals surface area contributed by atoms with Gasteiger partial charge in [-0.15, -0.1) is 12.4 Å². The molecule has 1 amide bonds. The van der Waals surface area contributed by atoms with Crippen LogP contribution in [0.1, 0.15) is 5.56 Å². The first kappa shape index (κ1) is 20.0. The van der Waals surface area contributed by atoms with Gasteiger partial charge in [0.25, 0.3) is 0 Å². The number of hydrogen-bond acceptors (Lipinski definition) is 5. The fraction of sp³-hybridized carbons (Fsp3) is 0.579. The molecule has 0 saturated carbocycles. The van der Waals surface area contributed by atoms with Crippen LogP contribution in [0, 0.1) is 22.6 Å². The molecule has 0 unspecified atom stereocenters. The number of halogens is 2. The molecule has 1 aromatic carbocycles. The van der Waals surface area contributed by atoms with E-state index >= 15 is 0 Å². The molecule has 8 heteroatoms. The molecule has 0 aromatic heterocycles. The molecule has 4 rings (SSSR count). The Balaban J connectivity index is 0.00000210. The van der Waals surface area contributed by atoms with Crippen molar-refractivity contribution in [3.8, 4) is 0 Å². The lowest BCUT2D eigenvalue weighted by molar-refractivity contribution is -0.154. The molecule has 6 nitrogen and oxygen atoms in total. The standard InChI is InChI=1S/C19H23FN2O4.ClH/c1-25-17(24)19-11-22(7-14(19)8-26-12-19)16(23)18(9-21-10-18)6-13-4-2-3-5-15(13)20;/h2-5,14,21H,6-12H2,1H3;1H/t14-,19-;/m0./s1. The topological polar surface area (TPSA) is 67.9 Å². The Kier molecular flexibility index (Phi) is 5.47. The van der Waals surface area contributed by atoms with Crippen LogP contribution in [0.15, 0.2) is 24.3 Å². The van der Waals surface area contributed by atoms with Crippen molar-refractivity contribution in [2.45, 2.75) is 6.42 Å². The number of methoxy groups -OCH3 is 1. The van der Waals surface area contributed by atoms with Crippen molar-refractivity contribution in [1.29, 1.82) is 0 Å². The van der Waals surface area contributed by atoms with E-state index < -0.39 is 10.8 Å². The third-order valence-electron chi connectivity index (χ3n) is 6.12. The predicted molar refractivity (Wildman–Crippen MR) is 98.0 cm³/mol. The Morgan fingerprint density at radius 1 is 1.37 bits per heavy atom. The normalized spacial score (nSPS) is 28.1. The second-order valence-corrected chi connectivity index (χ2v) is 7.70. The van der Waals surface area contributed by atoms with Gasteiger partial charge in [0.2, 0.25) is 5.91 Å². The highest BCUT2D eigenvalue weighted by Gasteiger charge is 2.60. The zero-order valence-electron chi connectivity index (χ0n) is 15.2. The molecule has 27 heavy (non-hydrogen) atoms. The van der Waals surface area contributed by atoms with Gasteiger partial charge in [0.15, 0.2) is 0 Å². The van der Waals surface area contributed by atoms with Gasteiger partial charge in [0.05, 0.1) is 25.7 Å². The summed E-state index contributed by atoms with van der Waals surface area (Å²) in [6.45, 7) is 2.56. The van der Waals surface area contributed by atoms with E-state index in [0.717, 1.165) is 0 Å². The number of fused-ring (bicyclic) bond motifs is 1. The van der Waals surface area contributed by atoms with Gasteiger partial charge in [-0.05, 0) is 18.1 Å². The molecule has 3 saturated heterocycles. The van der Waals surface area contributed by atoms with Crippen LogP contribution in [0.3, 0.4) is 0 Å². The lowest BCUT2D eigenvalue weighted by Crippen LogP contribution is -2.63. The molecule has 2 atom stereocenters. The Hall–Kier alpha value is -1.70. The van der Waals surface area contributed by atoms with Crippen LogP contribution in [-0.2, 0) is 25.5 Å². The molecule has 0 spiro atoms. The quantitative estimate of drug-likeness (QED) is 0.767. The van der Waals surface area contributed by atoms with Crippen LogP contribution in [-0.4, -0.2) is 63.3 Å². The maximum Gasteiger partial charge on any atom is 0.316 e. The average molecular weight is 399 g/mol. The van der Waals surface area contributed by atoms with Crippen molar-refractivity contribution < 1.29 is 23.5 Å². The van der Waals surface area contributed by atoms with Crippen molar-refractivity contribution in [1.82, 2.24) is 10.2 Å². The molecule has 0 bridgehead atoms. The van der Waals surface area contributed by atoms with E-state index in [1.807, 2.05) is 0 Å². The second-order valence-electron chi connectivity index (χ2n) is 7.70. The van der Waals surface area contributed by atoms with Crippen LogP contribution < -0.4 is 5.32 Å². The molecule has 3 aliphatic rings. The zero-order chi connectivity index (χ0) is 18.4. The largest absolute Gasteiger partial charge is 0.468 e. The number of likely N-dealkylation sites (tertiary alicyclic amines) is 1. The van der Waals surface area contributed by atoms with Gasteiger partial charge < -0.3 is 19.7 Å². The summed E-state index contributed by atoms with van der Waals surface area (Å²) in [5.41, 5.74) is -0.868. The highest BCUT2D eigenvalue weighted by molar-refractivity contribution is 5.87. The summed E-state index contributed by atoms with van der Waals surface area (Å²) in [5.74, 6) is -0.663. The van der Waals surface area contributed by atoms with E-state index in [-0.39, 0.29) is 42.6 Å². The van der Waals surface area contributed by atoms with Gasteiger partial charge in [-0.2, -0.15) is 0 Å². The van der Waals surface area contributed by atoms with Gasteiger partial charge in [-0.1, -0.05) is 18.2 Å². The molecule has 3 fully saturated rings. The minimum Gasteiger partial charge on any atom is -0.468 e. The molecule has 0 aliphatic carbocycles. The van der Waals surface area contributed by atoms with Gasteiger partial charge in [0, 0.05) is 32.1 Å². The van der Waals surface area contributed by atoms with Crippen molar-refractivity contribution in [2.24, 2.45) is 16.7 Å². The van der Waals surface area contributed by atoms with Crippen molar-refractivity contribution in [3.63, 3.8) is 0 Å². The molecular weight excluding hydrogens is 375 g/mol. The van der Waals surface area contributed by atoms with Gasteiger partial charge in [0.1, 0.15) is 11.2 Å². The molecule has 3 heterocycles. The number of hydrogen-bond donors (Lipinski definition) is 1. The highest BCUT2D eigenvalue weighted by atomic mass is 35.5. The number of amides is 1. The van der Waals surface area contributed by atoms with Crippen molar-refractivity contribution in [3.05, 3.63) is 35.6 Å². The van der Waals surface area contributed by atoms with Crippen molar-refractivity contribution in [2.75, 3.05) is 46.5 Å². The van der Waals surface area contributed by atoms with Crippen molar-refractivity contribution >= 4 is 24.3 Å². The molecule has 148 valence electrons. The van der Waals surface area contributed by atoms with Crippen LogP contribution >= 0.6 is 12.4 Å². The van der Waals surface area contributed by atoms with Crippen LogP contribution in [0.2, 0.25) is 0 Å². The van der Waals surface area contributed by atoms with E-state index in [4.69, 9.17) is 9.47 Å². The first-order chi connectivity index (χ1) is 12.5. The fourth-order valence-corrected chi connectivity index (χ4v) is 4.50. The predicted octanol–water partition coefficient (Wildman–Crippen LogP) is 1.03. The zero-order valence-corrected chi connectivity index (χ0v) is 16.0. The number of rotatable bonds is 4. The molecule has 3 aliphatic heterocycles. The summed E-state index contributed by atoms with van der Waals surface area (Å²) in [5, 5.41) is 3.15. The number of esters is 1. The first-order valence-electron chi connectivity index (χ1n) is 8.90. The second kappa shape index (κ2) is 7.37. The molecule has 0 radical (unpaired) electrons. The molecule has 1 aromatic rings. The van der Waals surface area contributed by atoms with Gasteiger partial charge in [-0.3, -0.25) is 9.59 Å². The minimum atomic E-state index is -0.763. The summed E-state index contributed by atoms with van der Waals surface area (Å²) >= 11 is 0. The van der Waals surface area contributed by atoms with E-state index in [1.165, 1.54) is 13.2 Å². The average Bonchev–Trinajstić information content (AvgIpc) is 3.16. The van der Waals surface area contributed by atoms with E-state index in [1.54, 1.807) is 23.1 Å². The Bertz CT molecular complexity index is 742. The van der Waals surface area contributed by atoms with Crippen LogP contribution in [0.5, 0.6) is 0 Å². The van der Waals surface area contributed by atoms with E-state index in [9.17, 15) is 14.0 Å². The Morgan fingerprint density at radius 2 is 2.11 bits per heavy atom. The summed E-state index contributed by atoms with van der Waals surface area (Å²) < 4.78 is 24.6. The number of nitrogens with one attached hydrogen (secondary N) is 1. The first-order valence-corrected chi connectivity index (χ1v) is 8.90. The fourth-order valence-electron chi connectivity index (χ4n) is 4.50. The SMILES string of the molecule is COC(=O)[C@@]12COC[C@@H]1CN(C(=O)C1(Cc3ccccc3F)CNC1)C2.Cl. The lowest BCUT2D eigenvalue weighted by Gasteiger charge is -2.44. The molecular formula is C19H24ClFN2O4. The number of benzene rings is 1. The number of nitrogens with zero attached hydrogens (tertiary/aromatic N) is 1. The van der Waals surface area contributed by atoms with Crippen LogP contribution in [0.4, 0.5) is 4.39 Å². The Labute approximate surface area is 163 Å². The monoisotopic (exact) mass is 398 g/mol. The highest BCUT2D eigenvalue weighted by Crippen LogP contribution is 2.44. The summed E-state index contributed by atoms with van der Waals surface area (Å²) in [6.07, 6.45) is 0.356. The smallest absolute Gasteiger partial charge is 0.316 e. The van der Waals surface area contributed by atoms with E-state index in [2.05, 4.69) is 5.32 Å². The number of ether oxygens (including phenoxy) is 2. The number of carbonyl (C=O) groups excluding carboxylic acids is 2. The number of carbonyl (C=O) groups is 2. The minimum absolute atomic E-state index is 0. The maximum absolute atomic E-state index is 14.1. The maximum atomic E-state index is 14.1. The van der Waals surface area contributed by atoms with Gasteiger partial charge in [-0.25, -0.2) is 4.39 Å².